The molecule has 0 saturated heterocycles. The van der Waals surface area contributed by atoms with Crippen LogP contribution in [0.4, 0.5) is 4.39 Å². The van der Waals surface area contributed by atoms with Crippen LogP contribution in [0.1, 0.15) is 21.6 Å². The van der Waals surface area contributed by atoms with Crippen LogP contribution < -0.4 is 5.32 Å². The van der Waals surface area contributed by atoms with Crippen LogP contribution in [0.2, 0.25) is 10.0 Å². The fraction of sp³-hybridized carbons (Fsp3) is 0.190. The number of aromatic nitrogens is 2. The molecular formula is C21H18Cl2FN3O5. The molecule has 3 aromatic rings. The van der Waals surface area contributed by atoms with Gasteiger partial charge in [-0.15, -0.1) is 0 Å². The third-order valence-corrected chi connectivity index (χ3v) is 5.28. The summed E-state index contributed by atoms with van der Waals surface area (Å²) < 4.78 is 15.0. The number of aliphatic hydroxyl groups is 1. The molecule has 8 nitrogen and oxygen atoms in total. The zero-order valence-corrected chi connectivity index (χ0v) is 17.9. The molecule has 0 spiro atoms. The third kappa shape index (κ3) is 5.56. The van der Waals surface area contributed by atoms with E-state index < -0.39 is 35.7 Å². The predicted octanol–water partition coefficient (Wildman–Crippen LogP) is 2.87. The van der Waals surface area contributed by atoms with Gasteiger partial charge in [-0.2, -0.15) is 5.10 Å². The molecule has 2 atom stereocenters. The van der Waals surface area contributed by atoms with E-state index in [9.17, 15) is 29.3 Å². The van der Waals surface area contributed by atoms with Gasteiger partial charge in [-0.05, 0) is 30.2 Å². The fourth-order valence-electron chi connectivity index (χ4n) is 3.00. The Morgan fingerprint density at radius 2 is 1.84 bits per heavy atom. The van der Waals surface area contributed by atoms with E-state index in [0.29, 0.717) is 10.6 Å². The van der Waals surface area contributed by atoms with Crippen LogP contribution in [-0.4, -0.2) is 49.1 Å². The summed E-state index contributed by atoms with van der Waals surface area (Å²) in [6, 6.07) is 10.4. The zero-order chi connectivity index (χ0) is 23.4. The number of amides is 1. The van der Waals surface area contributed by atoms with Gasteiger partial charge in [0.05, 0.1) is 12.6 Å². The van der Waals surface area contributed by atoms with Crippen LogP contribution in [0.5, 0.6) is 5.88 Å². The van der Waals surface area contributed by atoms with Gasteiger partial charge in [0.2, 0.25) is 5.88 Å². The van der Waals surface area contributed by atoms with Gasteiger partial charge in [-0.25, -0.2) is 13.9 Å². The van der Waals surface area contributed by atoms with Crippen LogP contribution in [0.15, 0.2) is 48.5 Å². The molecule has 4 N–H and O–H groups in total. The number of carbonyl (C=O) groups excluding carboxylic acids is 1. The van der Waals surface area contributed by atoms with Crippen LogP contribution >= 0.6 is 23.2 Å². The summed E-state index contributed by atoms with van der Waals surface area (Å²) in [5, 5.41) is 36.3. The van der Waals surface area contributed by atoms with Crippen molar-refractivity contribution < 1.29 is 29.3 Å². The Morgan fingerprint density at radius 1 is 1.12 bits per heavy atom. The van der Waals surface area contributed by atoms with Crippen molar-refractivity contribution in [2.45, 2.75) is 25.1 Å². The van der Waals surface area contributed by atoms with Gasteiger partial charge in [0.15, 0.2) is 11.8 Å². The molecule has 0 unspecified atom stereocenters. The highest BCUT2D eigenvalue weighted by atomic mass is 35.5. The van der Waals surface area contributed by atoms with E-state index in [2.05, 4.69) is 10.4 Å². The number of nitrogens with one attached hydrogen (secondary N) is 1. The van der Waals surface area contributed by atoms with E-state index in [1.807, 2.05) is 0 Å². The number of carboxylic acid groups (broad SMARTS) is 1. The van der Waals surface area contributed by atoms with Crippen LogP contribution in [0.25, 0.3) is 0 Å². The number of carboxylic acids is 1. The lowest BCUT2D eigenvalue weighted by Gasteiger charge is -2.21. The fourth-order valence-corrected chi connectivity index (χ4v) is 3.37. The number of hydrogen-bond donors (Lipinski definition) is 4. The molecule has 1 heterocycles. The van der Waals surface area contributed by atoms with Crippen LogP contribution in [0, 0.1) is 5.82 Å². The minimum Gasteiger partial charge on any atom is -0.493 e. The molecule has 0 aliphatic heterocycles. The number of aromatic hydroxyl groups is 1. The molecule has 3 rings (SSSR count). The number of halogens is 3. The average Bonchev–Trinajstić information content (AvgIpc) is 3.11. The summed E-state index contributed by atoms with van der Waals surface area (Å²) in [5.74, 6) is -3.39. The highest BCUT2D eigenvalue weighted by Gasteiger charge is 2.29. The maximum Gasteiger partial charge on any atom is 0.334 e. The van der Waals surface area contributed by atoms with E-state index in [0.717, 1.165) is 16.8 Å². The number of nitrogens with zero attached hydrogens (tertiary/aromatic N) is 2. The van der Waals surface area contributed by atoms with E-state index in [1.165, 1.54) is 12.1 Å². The molecule has 168 valence electrons. The van der Waals surface area contributed by atoms with Crippen molar-refractivity contribution in [1.29, 1.82) is 0 Å². The number of benzene rings is 2. The molecule has 32 heavy (non-hydrogen) atoms. The summed E-state index contributed by atoms with van der Waals surface area (Å²) >= 11 is 11.8. The van der Waals surface area contributed by atoms with E-state index in [-0.39, 0.29) is 29.2 Å². The lowest BCUT2D eigenvalue weighted by atomic mass is 10.0. The van der Waals surface area contributed by atoms with E-state index >= 15 is 0 Å². The lowest BCUT2D eigenvalue weighted by Crippen LogP contribution is -2.48. The summed E-state index contributed by atoms with van der Waals surface area (Å²) in [6.45, 7) is -0.178. The first-order valence-corrected chi connectivity index (χ1v) is 10.1. The highest BCUT2D eigenvalue weighted by Crippen LogP contribution is 2.20. The first-order valence-electron chi connectivity index (χ1n) is 9.31. The largest absolute Gasteiger partial charge is 0.493 e. The molecule has 1 aromatic heterocycles. The molecule has 1 amide bonds. The van der Waals surface area contributed by atoms with Crippen LogP contribution in [0.3, 0.4) is 0 Å². The Bertz CT molecular complexity index is 1150. The standard InChI is InChI=1S/C21H18Cl2FN3O5/c22-13-6-5-12(15(24)8-13)10-27-18(28)9-17(26-27)20(30)25-16(19(29)21(31)32)7-11-3-1-2-4-14(11)23/h1-6,8-9,16,19,28-29H,7,10H2,(H,25,30)(H,31,32)/t16-,19-/m1/s1. The third-order valence-electron chi connectivity index (χ3n) is 4.67. The molecule has 0 fully saturated rings. The van der Waals surface area contributed by atoms with Crippen molar-refractivity contribution >= 4 is 35.1 Å². The minimum absolute atomic E-state index is 0.0679. The topological polar surface area (TPSA) is 125 Å². The smallest absolute Gasteiger partial charge is 0.334 e. The molecule has 0 saturated carbocycles. The second kappa shape index (κ2) is 9.99. The van der Waals surface area contributed by atoms with Crippen molar-refractivity contribution in [2.75, 3.05) is 0 Å². The Hall–Kier alpha value is -3.14. The number of rotatable bonds is 8. The summed E-state index contributed by atoms with van der Waals surface area (Å²) in [7, 11) is 0. The van der Waals surface area contributed by atoms with Crippen molar-refractivity contribution in [2.24, 2.45) is 0 Å². The Morgan fingerprint density at radius 3 is 2.50 bits per heavy atom. The van der Waals surface area contributed by atoms with Crippen LogP contribution in [-0.2, 0) is 17.8 Å². The molecule has 0 bridgehead atoms. The van der Waals surface area contributed by atoms with Gasteiger partial charge in [0.25, 0.3) is 5.91 Å². The quantitative estimate of drug-likeness (QED) is 0.392. The Labute approximate surface area is 191 Å². The molecule has 0 aliphatic rings. The average molecular weight is 482 g/mol. The van der Waals surface area contributed by atoms with Gasteiger partial charge in [0.1, 0.15) is 5.82 Å². The first-order chi connectivity index (χ1) is 15.2. The monoisotopic (exact) mass is 481 g/mol. The number of hydrogen-bond acceptors (Lipinski definition) is 5. The molecule has 2 aromatic carbocycles. The minimum atomic E-state index is -1.92. The van der Waals surface area contributed by atoms with Crippen molar-refractivity contribution in [3.63, 3.8) is 0 Å². The van der Waals surface area contributed by atoms with Gasteiger partial charge >= 0.3 is 5.97 Å². The maximum absolute atomic E-state index is 14.0. The number of aliphatic hydroxyl groups excluding tert-OH is 1. The Kier molecular flexibility index (Phi) is 7.34. The van der Waals surface area contributed by atoms with E-state index in [4.69, 9.17) is 23.2 Å². The lowest BCUT2D eigenvalue weighted by molar-refractivity contribution is -0.148. The first kappa shape index (κ1) is 23.5. The summed E-state index contributed by atoms with van der Waals surface area (Å²) in [6.07, 6.45) is -1.99. The zero-order valence-electron chi connectivity index (χ0n) is 16.4. The van der Waals surface area contributed by atoms with E-state index in [1.54, 1.807) is 24.3 Å². The van der Waals surface area contributed by atoms with Crippen molar-refractivity contribution in [3.05, 3.63) is 81.2 Å². The maximum atomic E-state index is 14.0. The van der Waals surface area contributed by atoms with Gasteiger partial charge < -0.3 is 20.6 Å². The number of carbonyl (C=O) groups is 2. The summed E-state index contributed by atoms with van der Waals surface area (Å²) in [5.41, 5.74) is 0.447. The second-order valence-corrected chi connectivity index (χ2v) is 7.78. The summed E-state index contributed by atoms with van der Waals surface area (Å²) in [4.78, 5) is 24.0. The highest BCUT2D eigenvalue weighted by molar-refractivity contribution is 6.31. The number of aliphatic carboxylic acids is 1. The SMILES string of the molecule is O=C(N[C@H](Cc1ccccc1Cl)[C@@H](O)C(=O)O)c1cc(O)n(Cc2ccc(Cl)cc2F)n1. The van der Waals surface area contributed by atoms with Crippen molar-refractivity contribution in [3.8, 4) is 5.88 Å². The normalized spacial score (nSPS) is 12.9. The van der Waals surface area contributed by atoms with Gasteiger partial charge in [0, 0.05) is 21.7 Å². The Balaban J connectivity index is 1.79. The predicted molar refractivity (Wildman–Crippen MR) is 114 cm³/mol. The van der Waals surface area contributed by atoms with Gasteiger partial charge in [-0.1, -0.05) is 47.5 Å². The molecule has 11 heteroatoms. The molecule has 0 radical (unpaired) electrons. The molecular weight excluding hydrogens is 464 g/mol. The van der Waals surface area contributed by atoms with Crippen molar-refractivity contribution in [1.82, 2.24) is 15.1 Å². The second-order valence-electron chi connectivity index (χ2n) is 6.94. The molecule has 0 aliphatic carbocycles. The van der Waals surface area contributed by atoms with Gasteiger partial charge in [-0.3, -0.25) is 4.79 Å².